The number of likely N-dealkylation sites (tertiary alicyclic amines) is 1. The molecular weight excluding hydrogens is 286 g/mol. The number of hydrogen-bond donors (Lipinski definition) is 1. The molecule has 3 aliphatic rings. The molecule has 2 aliphatic carbocycles. The first-order chi connectivity index (χ1) is 10.8. The Bertz CT molecular complexity index is 414. The van der Waals surface area contributed by atoms with E-state index in [9.17, 15) is 5.11 Å². The number of piperidine rings is 1. The third-order valence-corrected chi connectivity index (χ3v) is 8.00. The Morgan fingerprint density at radius 1 is 1.13 bits per heavy atom. The first-order valence-electron chi connectivity index (χ1n) is 9.81. The van der Waals surface area contributed by atoms with E-state index in [1.807, 2.05) is 0 Å². The first kappa shape index (κ1) is 17.7. The quantitative estimate of drug-likeness (QED) is 0.834. The molecule has 3 rings (SSSR count). The molecule has 3 heteroatoms. The van der Waals surface area contributed by atoms with Crippen molar-refractivity contribution in [3.63, 3.8) is 0 Å². The van der Waals surface area contributed by atoms with Crippen LogP contribution in [0, 0.1) is 16.7 Å². The van der Waals surface area contributed by atoms with Gasteiger partial charge < -0.3 is 9.84 Å². The van der Waals surface area contributed by atoms with Crippen molar-refractivity contribution < 1.29 is 9.84 Å². The van der Waals surface area contributed by atoms with Crippen molar-refractivity contribution in [3.05, 3.63) is 0 Å². The third-order valence-electron chi connectivity index (χ3n) is 8.00. The van der Waals surface area contributed by atoms with Crippen LogP contribution in [0.5, 0.6) is 0 Å². The maximum absolute atomic E-state index is 10.5. The van der Waals surface area contributed by atoms with Gasteiger partial charge in [0.2, 0.25) is 0 Å². The average Bonchev–Trinajstić information content (AvgIpc) is 2.82. The van der Waals surface area contributed by atoms with Crippen molar-refractivity contribution in [2.45, 2.75) is 97.4 Å². The number of fused-ring (bicyclic) bond motifs is 2. The zero-order chi connectivity index (χ0) is 16.8. The molecule has 1 N–H and O–H groups in total. The number of hydrogen-bond acceptors (Lipinski definition) is 3. The van der Waals surface area contributed by atoms with E-state index in [2.05, 4.69) is 39.5 Å². The van der Waals surface area contributed by atoms with Gasteiger partial charge in [-0.25, -0.2) is 0 Å². The van der Waals surface area contributed by atoms with Crippen molar-refractivity contribution in [1.29, 1.82) is 0 Å². The molecule has 23 heavy (non-hydrogen) atoms. The molecule has 134 valence electrons. The number of aliphatic hydroxyl groups excluding tert-OH is 1. The van der Waals surface area contributed by atoms with Crippen LogP contribution < -0.4 is 0 Å². The van der Waals surface area contributed by atoms with E-state index in [1.54, 1.807) is 0 Å². The van der Waals surface area contributed by atoms with Gasteiger partial charge in [0.15, 0.2) is 0 Å². The van der Waals surface area contributed by atoms with Crippen molar-refractivity contribution in [1.82, 2.24) is 4.90 Å². The van der Waals surface area contributed by atoms with Gasteiger partial charge in [0.25, 0.3) is 0 Å². The van der Waals surface area contributed by atoms with Crippen molar-refractivity contribution in [2.75, 3.05) is 13.2 Å². The van der Waals surface area contributed by atoms with E-state index in [0.29, 0.717) is 35.6 Å². The van der Waals surface area contributed by atoms with Gasteiger partial charge in [0.1, 0.15) is 0 Å². The summed E-state index contributed by atoms with van der Waals surface area (Å²) in [7, 11) is 0. The molecular formula is C20H37NO2. The highest BCUT2D eigenvalue weighted by molar-refractivity contribution is 5.11. The van der Waals surface area contributed by atoms with Crippen LogP contribution in [0.25, 0.3) is 0 Å². The molecule has 3 nitrogen and oxygen atoms in total. The normalized spacial score (nSPS) is 44.6. The van der Waals surface area contributed by atoms with Gasteiger partial charge in [-0.2, -0.15) is 0 Å². The van der Waals surface area contributed by atoms with Crippen molar-refractivity contribution in [3.8, 4) is 0 Å². The molecule has 3 fully saturated rings. The fraction of sp³-hybridized carbons (Fsp3) is 1.00. The highest BCUT2D eigenvalue weighted by Gasteiger charge is 2.61. The van der Waals surface area contributed by atoms with E-state index < -0.39 is 0 Å². The molecule has 0 unspecified atom stereocenters. The second-order valence-electron chi connectivity index (χ2n) is 9.41. The first-order valence-corrected chi connectivity index (χ1v) is 9.81. The summed E-state index contributed by atoms with van der Waals surface area (Å²) in [5, 5.41) is 10.5. The molecule has 0 aromatic carbocycles. The van der Waals surface area contributed by atoms with Crippen LogP contribution in [0.2, 0.25) is 0 Å². The largest absolute Gasteiger partial charge is 0.389 e. The van der Waals surface area contributed by atoms with Gasteiger partial charge in [-0.1, -0.05) is 27.2 Å². The predicted molar refractivity (Wildman–Crippen MR) is 94.5 cm³/mol. The highest BCUT2D eigenvalue weighted by atomic mass is 16.5. The lowest BCUT2D eigenvalue weighted by Crippen LogP contribution is -2.48. The van der Waals surface area contributed by atoms with E-state index >= 15 is 0 Å². The summed E-state index contributed by atoms with van der Waals surface area (Å²) in [6, 6.07) is 1.18. The van der Waals surface area contributed by atoms with E-state index in [0.717, 1.165) is 12.5 Å². The molecule has 0 aromatic heterocycles. The summed E-state index contributed by atoms with van der Waals surface area (Å²) in [6.45, 7) is 13.1. The number of β-amino-alcohol motifs (C(OH)–C–C–N with tert-alkyl or cyclic N) is 1. The number of nitrogens with zero attached hydrogens (tertiary/aromatic N) is 1. The maximum Gasteiger partial charge on any atom is 0.0900 e. The van der Waals surface area contributed by atoms with Gasteiger partial charge in [-0.05, 0) is 62.7 Å². The Morgan fingerprint density at radius 3 is 2.30 bits per heavy atom. The summed E-state index contributed by atoms with van der Waals surface area (Å²) in [4.78, 5) is 2.48. The summed E-state index contributed by atoms with van der Waals surface area (Å²) in [5.41, 5.74) is 0.682. The SMILES string of the molecule is C[C@@H]1CCC[C@H](C)N1C[C@H](O)CO[C@@H]1C[C@H]2CC[C@@]1(C)C2(C)C. The lowest BCUT2D eigenvalue weighted by molar-refractivity contribution is -0.0842. The van der Waals surface area contributed by atoms with Crippen LogP contribution in [0.4, 0.5) is 0 Å². The minimum atomic E-state index is -0.358. The number of rotatable bonds is 5. The second kappa shape index (κ2) is 6.31. The van der Waals surface area contributed by atoms with Crippen LogP contribution in [0.1, 0.15) is 73.1 Å². The van der Waals surface area contributed by atoms with Crippen LogP contribution in [0.3, 0.4) is 0 Å². The topological polar surface area (TPSA) is 32.7 Å². The Morgan fingerprint density at radius 2 is 1.78 bits per heavy atom. The fourth-order valence-electron chi connectivity index (χ4n) is 5.74. The molecule has 1 aliphatic heterocycles. The monoisotopic (exact) mass is 323 g/mol. The minimum Gasteiger partial charge on any atom is -0.389 e. The average molecular weight is 324 g/mol. The van der Waals surface area contributed by atoms with Crippen LogP contribution in [-0.4, -0.2) is 47.4 Å². The third kappa shape index (κ3) is 2.98. The second-order valence-corrected chi connectivity index (χ2v) is 9.41. The highest BCUT2D eigenvalue weighted by Crippen LogP contribution is 2.66. The van der Waals surface area contributed by atoms with Gasteiger partial charge >= 0.3 is 0 Å². The molecule has 0 spiro atoms. The number of aliphatic hydroxyl groups is 1. The maximum atomic E-state index is 10.5. The molecule has 0 radical (unpaired) electrons. The molecule has 6 atom stereocenters. The van der Waals surface area contributed by atoms with E-state index in [4.69, 9.17) is 4.74 Å². The lowest BCUT2D eigenvalue weighted by atomic mass is 9.70. The zero-order valence-electron chi connectivity index (χ0n) is 15.8. The standard InChI is InChI=1S/C20H37NO2/c1-14-7-6-8-15(2)21(14)12-17(22)13-23-18-11-16-9-10-20(18,5)19(16,3)4/h14-18,22H,6-13H2,1-5H3/t14-,15+,16-,17+,18-,20-/m1/s1. The van der Waals surface area contributed by atoms with E-state index in [-0.39, 0.29) is 6.10 Å². The Labute approximate surface area is 142 Å². The predicted octanol–water partition coefficient (Wildman–Crippen LogP) is 3.84. The Balaban J connectivity index is 1.51. The number of ether oxygens (including phenoxy) is 1. The molecule has 0 aromatic rings. The van der Waals surface area contributed by atoms with Gasteiger partial charge in [-0.15, -0.1) is 0 Å². The van der Waals surface area contributed by atoms with Gasteiger partial charge in [-0.3, -0.25) is 4.90 Å². The summed E-state index contributed by atoms with van der Waals surface area (Å²) in [6.07, 6.45) is 7.64. The Hall–Kier alpha value is -0.120. The zero-order valence-corrected chi connectivity index (χ0v) is 15.8. The molecule has 1 heterocycles. The van der Waals surface area contributed by atoms with Gasteiger partial charge in [0.05, 0.1) is 18.8 Å². The Kier molecular flexibility index (Phi) is 4.85. The lowest BCUT2D eigenvalue weighted by Gasteiger charge is -2.41. The van der Waals surface area contributed by atoms with Crippen LogP contribution in [-0.2, 0) is 4.74 Å². The fourth-order valence-corrected chi connectivity index (χ4v) is 5.74. The molecule has 1 saturated heterocycles. The van der Waals surface area contributed by atoms with E-state index in [1.165, 1.54) is 38.5 Å². The molecule has 2 bridgehead atoms. The smallest absolute Gasteiger partial charge is 0.0900 e. The van der Waals surface area contributed by atoms with Crippen LogP contribution in [0.15, 0.2) is 0 Å². The summed E-state index contributed by atoms with van der Waals surface area (Å²) >= 11 is 0. The minimum absolute atomic E-state index is 0.295. The van der Waals surface area contributed by atoms with Gasteiger partial charge in [0, 0.05) is 18.6 Å². The molecule has 0 amide bonds. The van der Waals surface area contributed by atoms with Crippen molar-refractivity contribution >= 4 is 0 Å². The summed E-state index contributed by atoms with van der Waals surface area (Å²) in [5.74, 6) is 0.803. The summed E-state index contributed by atoms with van der Waals surface area (Å²) < 4.78 is 6.27. The molecule has 2 saturated carbocycles. The van der Waals surface area contributed by atoms with Crippen LogP contribution >= 0.6 is 0 Å². The van der Waals surface area contributed by atoms with Crippen molar-refractivity contribution in [2.24, 2.45) is 16.7 Å².